The van der Waals surface area contributed by atoms with E-state index in [9.17, 15) is 19.7 Å². The van der Waals surface area contributed by atoms with Gasteiger partial charge in [-0.2, -0.15) is 0 Å². The van der Waals surface area contributed by atoms with Crippen molar-refractivity contribution in [2.75, 3.05) is 13.1 Å². The highest BCUT2D eigenvalue weighted by Gasteiger charge is 2.29. The number of carbonyl (C=O) groups is 2. The number of hydrogen-bond donors (Lipinski definition) is 1. The van der Waals surface area contributed by atoms with Crippen LogP contribution in [0.4, 0.5) is 5.69 Å². The lowest BCUT2D eigenvalue weighted by Crippen LogP contribution is -2.42. The minimum absolute atomic E-state index is 0.0966. The number of non-ortho nitro benzene ring substituents is 1. The zero-order chi connectivity index (χ0) is 15.6. The molecule has 0 aliphatic carbocycles. The molecule has 2 rings (SSSR count). The first-order valence-electron chi connectivity index (χ1n) is 6.35. The standard InChI is InChI=1S/C13H13ClN2O5/c14-10-4-9(5-11(6-10)16(20)21)12(17)15-3-1-2-8(7-15)13(18)19/h4-6,8H,1-3,7H2,(H,18,19)/t8-/m1/s1. The van der Waals surface area contributed by atoms with Gasteiger partial charge in [-0.3, -0.25) is 19.7 Å². The number of rotatable bonds is 3. The second kappa shape index (κ2) is 6.09. The highest BCUT2D eigenvalue weighted by Crippen LogP contribution is 2.24. The largest absolute Gasteiger partial charge is 0.481 e. The summed E-state index contributed by atoms with van der Waals surface area (Å²) in [5.41, 5.74) is -0.169. The van der Waals surface area contributed by atoms with Crippen LogP contribution < -0.4 is 0 Å². The van der Waals surface area contributed by atoms with Gasteiger partial charge in [-0.25, -0.2) is 0 Å². The smallest absolute Gasteiger partial charge is 0.308 e. The summed E-state index contributed by atoms with van der Waals surface area (Å²) in [6, 6.07) is 3.66. The second-order valence-corrected chi connectivity index (χ2v) is 5.32. The summed E-state index contributed by atoms with van der Waals surface area (Å²) in [6.45, 7) is 0.539. The lowest BCUT2D eigenvalue weighted by molar-refractivity contribution is -0.384. The lowest BCUT2D eigenvalue weighted by Gasteiger charge is -2.30. The predicted molar refractivity (Wildman–Crippen MR) is 74.4 cm³/mol. The highest BCUT2D eigenvalue weighted by atomic mass is 35.5. The third-order valence-corrected chi connectivity index (χ3v) is 3.62. The zero-order valence-corrected chi connectivity index (χ0v) is 11.7. The van der Waals surface area contributed by atoms with Crippen LogP contribution in [0.5, 0.6) is 0 Å². The van der Waals surface area contributed by atoms with Crippen LogP contribution in [0.25, 0.3) is 0 Å². The van der Waals surface area contributed by atoms with Crippen LogP contribution in [0, 0.1) is 16.0 Å². The zero-order valence-electron chi connectivity index (χ0n) is 11.0. The number of nitro benzene ring substituents is 1. The number of aliphatic carboxylic acids is 1. The van der Waals surface area contributed by atoms with Crippen LogP contribution >= 0.6 is 11.6 Å². The Balaban J connectivity index is 2.23. The maximum Gasteiger partial charge on any atom is 0.308 e. The fourth-order valence-electron chi connectivity index (χ4n) is 2.35. The van der Waals surface area contributed by atoms with Gasteiger partial charge in [-0.15, -0.1) is 0 Å². The minimum atomic E-state index is -0.940. The van der Waals surface area contributed by atoms with Crippen LogP contribution in [-0.2, 0) is 4.79 Å². The summed E-state index contributed by atoms with van der Waals surface area (Å²) < 4.78 is 0. The summed E-state index contributed by atoms with van der Waals surface area (Å²) in [4.78, 5) is 34.9. The van der Waals surface area contributed by atoms with E-state index in [0.29, 0.717) is 19.4 Å². The van der Waals surface area contributed by atoms with Crippen molar-refractivity contribution in [2.45, 2.75) is 12.8 Å². The van der Waals surface area contributed by atoms with E-state index >= 15 is 0 Å². The van der Waals surface area contributed by atoms with Crippen molar-refractivity contribution in [3.05, 3.63) is 38.9 Å². The molecule has 7 nitrogen and oxygen atoms in total. The third-order valence-electron chi connectivity index (χ3n) is 3.40. The normalized spacial score (nSPS) is 18.3. The molecule has 0 saturated carbocycles. The lowest BCUT2D eigenvalue weighted by atomic mass is 9.97. The molecule has 1 aromatic carbocycles. The van der Waals surface area contributed by atoms with Gasteiger partial charge in [0.2, 0.25) is 0 Å². The molecular weight excluding hydrogens is 300 g/mol. The molecule has 112 valence electrons. The summed E-state index contributed by atoms with van der Waals surface area (Å²) in [7, 11) is 0. The van der Waals surface area contributed by atoms with Crippen molar-refractivity contribution in [3.8, 4) is 0 Å². The predicted octanol–water partition coefficient (Wildman–Crippen LogP) is 2.19. The van der Waals surface area contributed by atoms with Crippen LogP contribution in [-0.4, -0.2) is 39.9 Å². The Kier molecular flexibility index (Phi) is 4.42. The van der Waals surface area contributed by atoms with E-state index in [1.54, 1.807) is 0 Å². The molecule has 0 spiro atoms. The van der Waals surface area contributed by atoms with E-state index in [2.05, 4.69) is 0 Å². The molecule has 1 saturated heterocycles. The Morgan fingerprint density at radius 2 is 2.10 bits per heavy atom. The van der Waals surface area contributed by atoms with E-state index in [0.717, 1.165) is 12.1 Å². The molecule has 8 heteroatoms. The van der Waals surface area contributed by atoms with Gasteiger partial charge in [0.05, 0.1) is 10.8 Å². The number of benzene rings is 1. The fourth-order valence-corrected chi connectivity index (χ4v) is 2.58. The van der Waals surface area contributed by atoms with Gasteiger partial charge in [0.25, 0.3) is 11.6 Å². The summed E-state index contributed by atoms with van der Waals surface area (Å²) >= 11 is 5.79. The monoisotopic (exact) mass is 312 g/mol. The van der Waals surface area contributed by atoms with Crippen LogP contribution in [0.15, 0.2) is 18.2 Å². The molecule has 0 bridgehead atoms. The molecule has 1 aliphatic rings. The Labute approximate surface area is 125 Å². The van der Waals surface area contributed by atoms with Crippen molar-refractivity contribution in [3.63, 3.8) is 0 Å². The van der Waals surface area contributed by atoms with E-state index < -0.39 is 22.7 Å². The third kappa shape index (κ3) is 3.49. The van der Waals surface area contributed by atoms with Gasteiger partial charge < -0.3 is 10.0 Å². The number of likely N-dealkylation sites (tertiary alicyclic amines) is 1. The Morgan fingerprint density at radius 1 is 1.38 bits per heavy atom. The molecule has 21 heavy (non-hydrogen) atoms. The maximum atomic E-state index is 12.3. The number of amides is 1. The number of nitrogens with zero attached hydrogens (tertiary/aromatic N) is 2. The first-order valence-corrected chi connectivity index (χ1v) is 6.73. The fraction of sp³-hybridized carbons (Fsp3) is 0.385. The van der Waals surface area contributed by atoms with Crippen molar-refractivity contribution in [2.24, 2.45) is 5.92 Å². The average Bonchev–Trinajstić information content (AvgIpc) is 2.45. The van der Waals surface area contributed by atoms with Crippen molar-refractivity contribution < 1.29 is 19.6 Å². The first-order chi connectivity index (χ1) is 9.88. The molecule has 1 aliphatic heterocycles. The van der Waals surface area contributed by atoms with Crippen molar-refractivity contribution in [1.82, 2.24) is 4.90 Å². The number of carboxylic acids is 1. The summed E-state index contributed by atoms with van der Waals surface area (Å²) in [5.74, 6) is -1.98. The molecule has 1 atom stereocenters. The van der Waals surface area contributed by atoms with Gasteiger partial charge in [0, 0.05) is 35.8 Å². The average molecular weight is 313 g/mol. The highest BCUT2D eigenvalue weighted by molar-refractivity contribution is 6.31. The number of halogens is 1. The molecule has 0 radical (unpaired) electrons. The quantitative estimate of drug-likeness (QED) is 0.681. The number of carboxylic acid groups (broad SMARTS) is 1. The van der Waals surface area contributed by atoms with Crippen LogP contribution in [0.1, 0.15) is 23.2 Å². The van der Waals surface area contributed by atoms with Gasteiger partial charge in [-0.05, 0) is 18.9 Å². The SMILES string of the molecule is O=C(O)[C@@H]1CCCN(C(=O)c2cc(Cl)cc([N+](=O)[O-])c2)C1. The van der Waals surface area contributed by atoms with E-state index in [4.69, 9.17) is 16.7 Å². The molecule has 1 aromatic rings. The number of nitro groups is 1. The number of hydrogen-bond acceptors (Lipinski definition) is 4. The van der Waals surface area contributed by atoms with E-state index in [1.807, 2.05) is 0 Å². The van der Waals surface area contributed by atoms with Gasteiger partial charge in [-0.1, -0.05) is 11.6 Å². The molecule has 0 aromatic heterocycles. The first kappa shape index (κ1) is 15.2. The van der Waals surface area contributed by atoms with Crippen LogP contribution in [0.3, 0.4) is 0 Å². The topological polar surface area (TPSA) is 101 Å². The number of carbonyl (C=O) groups excluding carboxylic acids is 1. The minimum Gasteiger partial charge on any atom is -0.481 e. The Morgan fingerprint density at radius 3 is 2.71 bits per heavy atom. The second-order valence-electron chi connectivity index (χ2n) is 4.88. The molecular formula is C13H13ClN2O5. The van der Waals surface area contributed by atoms with Crippen molar-refractivity contribution in [1.29, 1.82) is 0 Å². The van der Waals surface area contributed by atoms with E-state index in [1.165, 1.54) is 11.0 Å². The Bertz CT molecular complexity index is 604. The molecule has 1 fully saturated rings. The van der Waals surface area contributed by atoms with Gasteiger partial charge in [0.1, 0.15) is 0 Å². The molecule has 0 unspecified atom stereocenters. The summed E-state index contributed by atoms with van der Waals surface area (Å²) in [6.07, 6.45) is 1.11. The van der Waals surface area contributed by atoms with E-state index in [-0.39, 0.29) is 22.8 Å². The Hall–Kier alpha value is -2.15. The molecule has 1 heterocycles. The maximum absolute atomic E-state index is 12.3. The van der Waals surface area contributed by atoms with Crippen molar-refractivity contribution >= 4 is 29.2 Å². The van der Waals surface area contributed by atoms with Crippen LogP contribution in [0.2, 0.25) is 5.02 Å². The number of piperidine rings is 1. The molecule has 1 N–H and O–H groups in total. The summed E-state index contributed by atoms with van der Waals surface area (Å²) in [5, 5.41) is 19.9. The van der Waals surface area contributed by atoms with Gasteiger partial charge >= 0.3 is 5.97 Å². The molecule has 1 amide bonds. The van der Waals surface area contributed by atoms with Gasteiger partial charge in [0.15, 0.2) is 0 Å².